The van der Waals surface area contributed by atoms with Gasteiger partial charge in [0.15, 0.2) is 0 Å². The van der Waals surface area contributed by atoms with Crippen molar-refractivity contribution in [1.82, 2.24) is 5.32 Å². The van der Waals surface area contributed by atoms with E-state index in [2.05, 4.69) is 12.2 Å². The van der Waals surface area contributed by atoms with E-state index in [1.807, 2.05) is 27.7 Å². The monoisotopic (exact) mass is 229 g/mol. The topological polar surface area (TPSA) is 29.1 Å². The largest absolute Gasteiger partial charge is 0.356 e. The number of rotatable bonds is 2. The average Bonchev–Trinajstić information content (AvgIpc) is 2.33. The molecule has 1 amide bonds. The van der Waals surface area contributed by atoms with Gasteiger partial charge in [-0.15, -0.1) is 0 Å². The Morgan fingerprint density at radius 1 is 1.06 bits per heavy atom. The molecule has 1 aliphatic carbocycles. The Morgan fingerprint density at radius 3 is 1.88 bits per heavy atom. The van der Waals surface area contributed by atoms with E-state index in [4.69, 9.17) is 0 Å². The molecule has 0 bridgehead atoms. The minimum atomic E-state index is 0.105. The third-order valence-corrected chi connectivity index (χ3v) is 2.78. The van der Waals surface area contributed by atoms with Crippen LogP contribution in [-0.2, 0) is 4.79 Å². The maximum atomic E-state index is 10.6. The van der Waals surface area contributed by atoms with Crippen molar-refractivity contribution in [3.8, 4) is 0 Å². The molecule has 0 aromatic heterocycles. The molecule has 98 valence electrons. The highest BCUT2D eigenvalue weighted by molar-refractivity contribution is 5.72. The molecule has 1 fully saturated rings. The van der Waals surface area contributed by atoms with Crippen molar-refractivity contribution < 1.29 is 4.79 Å². The first-order valence-corrected chi connectivity index (χ1v) is 6.93. The lowest BCUT2D eigenvalue weighted by atomic mass is 9.83. The summed E-state index contributed by atoms with van der Waals surface area (Å²) >= 11 is 0. The fourth-order valence-electron chi connectivity index (χ4n) is 1.82. The number of carbonyl (C=O) groups excluding carboxylic acids is 1. The molecule has 0 unspecified atom stereocenters. The van der Waals surface area contributed by atoms with Gasteiger partial charge in [0.05, 0.1) is 0 Å². The van der Waals surface area contributed by atoms with E-state index in [9.17, 15) is 4.79 Å². The zero-order valence-corrected chi connectivity index (χ0v) is 12.1. The Kier molecular flexibility index (Phi) is 14.0. The molecule has 0 aromatic carbocycles. The van der Waals surface area contributed by atoms with Crippen molar-refractivity contribution in [3.05, 3.63) is 0 Å². The van der Waals surface area contributed by atoms with Crippen LogP contribution in [0.3, 0.4) is 0 Å². The van der Waals surface area contributed by atoms with Crippen molar-refractivity contribution in [3.63, 3.8) is 0 Å². The molecular weight excluding hydrogens is 198 g/mol. The summed E-state index contributed by atoms with van der Waals surface area (Å²) < 4.78 is 0. The summed E-state index contributed by atoms with van der Waals surface area (Å²) in [4.78, 5) is 10.6. The number of hydrogen-bond acceptors (Lipinski definition) is 1. The number of carbonyl (C=O) groups is 1. The standard InChI is InChI=1S/C10H19NO.2C2H6/c1-8-3-5-10(6-4-8)7-11-9(2)12;2*1-2/h8,10H,3-7H2,1-2H3,(H,11,12);2*1-2H3. The van der Waals surface area contributed by atoms with Gasteiger partial charge in [-0.1, -0.05) is 47.5 Å². The highest BCUT2D eigenvalue weighted by atomic mass is 16.1. The fraction of sp³-hybridized carbons (Fsp3) is 0.929. The Hall–Kier alpha value is -0.530. The Labute approximate surface area is 102 Å². The van der Waals surface area contributed by atoms with E-state index in [0.717, 1.165) is 18.4 Å². The van der Waals surface area contributed by atoms with Crippen LogP contribution in [0.5, 0.6) is 0 Å². The molecule has 1 saturated carbocycles. The molecule has 0 radical (unpaired) electrons. The van der Waals surface area contributed by atoms with Crippen LogP contribution in [0.1, 0.15) is 67.2 Å². The van der Waals surface area contributed by atoms with E-state index in [0.29, 0.717) is 0 Å². The van der Waals surface area contributed by atoms with E-state index >= 15 is 0 Å². The number of nitrogens with one attached hydrogen (secondary N) is 1. The molecule has 1 rings (SSSR count). The van der Waals surface area contributed by atoms with Crippen molar-refractivity contribution in [2.45, 2.75) is 67.2 Å². The predicted molar refractivity (Wildman–Crippen MR) is 72.5 cm³/mol. The average molecular weight is 229 g/mol. The quantitative estimate of drug-likeness (QED) is 0.762. The fourth-order valence-corrected chi connectivity index (χ4v) is 1.82. The van der Waals surface area contributed by atoms with Gasteiger partial charge in [0.2, 0.25) is 5.91 Å². The van der Waals surface area contributed by atoms with E-state index in [1.54, 1.807) is 6.92 Å². The van der Waals surface area contributed by atoms with E-state index in [-0.39, 0.29) is 5.91 Å². The van der Waals surface area contributed by atoms with Gasteiger partial charge in [-0.2, -0.15) is 0 Å². The minimum Gasteiger partial charge on any atom is -0.356 e. The van der Waals surface area contributed by atoms with Gasteiger partial charge in [0.1, 0.15) is 0 Å². The first-order chi connectivity index (χ1) is 7.68. The third kappa shape index (κ3) is 10.0. The molecule has 0 heterocycles. The normalized spacial score (nSPS) is 23.1. The molecule has 1 aliphatic rings. The van der Waals surface area contributed by atoms with Crippen LogP contribution in [0.2, 0.25) is 0 Å². The molecule has 0 spiro atoms. The lowest BCUT2D eigenvalue weighted by Crippen LogP contribution is -2.29. The molecule has 0 aliphatic heterocycles. The van der Waals surface area contributed by atoms with Gasteiger partial charge >= 0.3 is 0 Å². The Balaban J connectivity index is 0. The summed E-state index contributed by atoms with van der Waals surface area (Å²) in [5.74, 6) is 1.75. The van der Waals surface area contributed by atoms with Crippen LogP contribution in [0, 0.1) is 11.8 Å². The van der Waals surface area contributed by atoms with Crippen molar-refractivity contribution >= 4 is 5.91 Å². The van der Waals surface area contributed by atoms with Gasteiger partial charge in [0.25, 0.3) is 0 Å². The first kappa shape index (κ1) is 17.9. The van der Waals surface area contributed by atoms with Crippen LogP contribution >= 0.6 is 0 Å². The molecule has 0 saturated heterocycles. The summed E-state index contributed by atoms with van der Waals surface area (Å²) in [5, 5.41) is 2.89. The summed E-state index contributed by atoms with van der Waals surface area (Å²) in [7, 11) is 0. The summed E-state index contributed by atoms with van der Waals surface area (Å²) in [6.07, 6.45) is 5.26. The van der Waals surface area contributed by atoms with Crippen molar-refractivity contribution in [2.75, 3.05) is 6.54 Å². The Morgan fingerprint density at radius 2 is 1.50 bits per heavy atom. The molecule has 2 nitrogen and oxygen atoms in total. The lowest BCUT2D eigenvalue weighted by Gasteiger charge is -2.25. The molecule has 0 aromatic rings. The van der Waals surface area contributed by atoms with E-state index < -0.39 is 0 Å². The Bertz CT molecular complexity index is 149. The summed E-state index contributed by atoms with van der Waals surface area (Å²) in [6.45, 7) is 12.8. The molecule has 16 heavy (non-hydrogen) atoms. The zero-order chi connectivity index (χ0) is 13.0. The second-order valence-corrected chi connectivity index (χ2v) is 4.06. The van der Waals surface area contributed by atoms with Gasteiger partial charge in [-0.25, -0.2) is 0 Å². The van der Waals surface area contributed by atoms with Crippen LogP contribution in [0.25, 0.3) is 0 Å². The van der Waals surface area contributed by atoms with Crippen LogP contribution in [0.4, 0.5) is 0 Å². The van der Waals surface area contributed by atoms with Crippen LogP contribution in [-0.4, -0.2) is 12.5 Å². The van der Waals surface area contributed by atoms with Crippen LogP contribution in [0.15, 0.2) is 0 Å². The minimum absolute atomic E-state index is 0.105. The van der Waals surface area contributed by atoms with E-state index in [1.165, 1.54) is 25.7 Å². The molecule has 1 N–H and O–H groups in total. The first-order valence-electron chi connectivity index (χ1n) is 6.93. The SMILES string of the molecule is CC.CC.CC(=O)NCC1CCC(C)CC1. The van der Waals surface area contributed by atoms with Crippen molar-refractivity contribution in [1.29, 1.82) is 0 Å². The number of hydrogen-bond donors (Lipinski definition) is 1. The second kappa shape index (κ2) is 12.5. The highest BCUT2D eigenvalue weighted by Gasteiger charge is 2.17. The molecule has 0 atom stereocenters. The summed E-state index contributed by atoms with van der Waals surface area (Å²) in [5.41, 5.74) is 0. The smallest absolute Gasteiger partial charge is 0.216 e. The van der Waals surface area contributed by atoms with Gasteiger partial charge in [0, 0.05) is 13.5 Å². The molecule has 2 heteroatoms. The highest BCUT2D eigenvalue weighted by Crippen LogP contribution is 2.27. The lowest BCUT2D eigenvalue weighted by molar-refractivity contribution is -0.119. The maximum absolute atomic E-state index is 10.6. The summed E-state index contributed by atoms with van der Waals surface area (Å²) in [6, 6.07) is 0. The molecular formula is C14H31NO. The van der Waals surface area contributed by atoms with Crippen molar-refractivity contribution in [2.24, 2.45) is 11.8 Å². The third-order valence-electron chi connectivity index (χ3n) is 2.78. The van der Waals surface area contributed by atoms with Crippen LogP contribution < -0.4 is 5.32 Å². The van der Waals surface area contributed by atoms with Gasteiger partial charge in [-0.3, -0.25) is 4.79 Å². The van der Waals surface area contributed by atoms with Gasteiger partial charge in [-0.05, 0) is 24.7 Å². The van der Waals surface area contributed by atoms with Gasteiger partial charge < -0.3 is 5.32 Å². The maximum Gasteiger partial charge on any atom is 0.216 e. The number of amides is 1. The predicted octanol–water partition coefficient (Wildman–Crippen LogP) is 4.00. The second-order valence-electron chi connectivity index (χ2n) is 4.06. The zero-order valence-electron chi connectivity index (χ0n) is 12.1.